The molecule has 0 aliphatic rings. The van der Waals surface area contributed by atoms with Crippen LogP contribution in [0.4, 0.5) is 17.1 Å². The van der Waals surface area contributed by atoms with E-state index in [-0.39, 0.29) is 0 Å². The minimum Gasteiger partial charge on any atom is -0.435 e. The summed E-state index contributed by atoms with van der Waals surface area (Å²) in [5, 5.41) is 4.78. The molecule has 39 heavy (non-hydrogen) atoms. The number of hydrogen-bond acceptors (Lipinski definition) is 4. The number of fused-ring (bicyclic) bond motifs is 6. The second-order valence-corrected chi connectivity index (χ2v) is 10.7. The lowest BCUT2D eigenvalue weighted by Crippen LogP contribution is -2.09. The number of rotatable bonds is 4. The Bertz CT molecular complexity index is 2130. The van der Waals surface area contributed by atoms with Crippen LogP contribution >= 0.6 is 11.3 Å². The minimum absolute atomic E-state index is 0.643. The largest absolute Gasteiger partial charge is 0.435 e. The Kier molecular flexibility index (Phi) is 5.00. The van der Waals surface area contributed by atoms with Crippen molar-refractivity contribution in [1.82, 2.24) is 4.98 Å². The molecule has 2 heterocycles. The van der Waals surface area contributed by atoms with Gasteiger partial charge in [-0.05, 0) is 72.1 Å². The fourth-order valence-corrected chi connectivity index (χ4v) is 6.56. The minimum atomic E-state index is 0.643. The Morgan fingerprint density at radius 2 is 1.23 bits per heavy atom. The van der Waals surface area contributed by atoms with Crippen molar-refractivity contribution in [2.75, 3.05) is 4.90 Å². The molecule has 0 atom stereocenters. The van der Waals surface area contributed by atoms with Gasteiger partial charge in [0.15, 0.2) is 5.58 Å². The molecule has 8 aromatic rings. The van der Waals surface area contributed by atoms with Gasteiger partial charge in [-0.1, -0.05) is 66.7 Å². The van der Waals surface area contributed by atoms with E-state index < -0.39 is 0 Å². The zero-order valence-corrected chi connectivity index (χ0v) is 21.7. The molecule has 0 saturated heterocycles. The maximum atomic E-state index is 6.29. The van der Waals surface area contributed by atoms with Gasteiger partial charge < -0.3 is 9.32 Å². The number of thiophene rings is 1. The third-order valence-electron chi connectivity index (χ3n) is 7.27. The van der Waals surface area contributed by atoms with E-state index in [0.29, 0.717) is 5.89 Å². The maximum absolute atomic E-state index is 6.29. The molecule has 0 amide bonds. The number of para-hydroxylation sites is 1. The number of hydrogen-bond donors (Lipinski definition) is 0. The summed E-state index contributed by atoms with van der Waals surface area (Å²) >= 11 is 1.84. The highest BCUT2D eigenvalue weighted by molar-refractivity contribution is 7.25. The van der Waals surface area contributed by atoms with Crippen LogP contribution in [-0.2, 0) is 0 Å². The summed E-state index contributed by atoms with van der Waals surface area (Å²) in [4.78, 5) is 7.08. The van der Waals surface area contributed by atoms with Crippen LogP contribution < -0.4 is 4.90 Å². The molecule has 0 aliphatic heterocycles. The maximum Gasteiger partial charge on any atom is 0.227 e. The van der Waals surface area contributed by atoms with Crippen molar-refractivity contribution in [2.45, 2.75) is 0 Å². The molecule has 0 saturated carbocycles. The molecule has 184 valence electrons. The van der Waals surface area contributed by atoms with Crippen molar-refractivity contribution in [3.05, 3.63) is 133 Å². The molecule has 2 aromatic heterocycles. The Balaban J connectivity index is 1.29. The fourth-order valence-electron chi connectivity index (χ4n) is 5.42. The van der Waals surface area contributed by atoms with Gasteiger partial charge in [-0.25, -0.2) is 4.98 Å². The van der Waals surface area contributed by atoms with Gasteiger partial charge in [0.25, 0.3) is 0 Å². The third-order valence-corrected chi connectivity index (χ3v) is 8.40. The van der Waals surface area contributed by atoms with Gasteiger partial charge in [-0.2, -0.15) is 0 Å². The first-order valence-corrected chi connectivity index (χ1v) is 13.8. The Labute approximate surface area is 229 Å². The van der Waals surface area contributed by atoms with E-state index in [2.05, 4.69) is 102 Å². The molecule has 6 aromatic carbocycles. The zero-order chi connectivity index (χ0) is 25.8. The van der Waals surface area contributed by atoms with Crippen molar-refractivity contribution in [1.29, 1.82) is 0 Å². The van der Waals surface area contributed by atoms with Gasteiger partial charge >= 0.3 is 0 Å². The third kappa shape index (κ3) is 3.69. The summed E-state index contributed by atoms with van der Waals surface area (Å²) in [5.74, 6) is 0.643. The van der Waals surface area contributed by atoms with Gasteiger partial charge in [0, 0.05) is 48.2 Å². The van der Waals surface area contributed by atoms with Gasteiger partial charge in [0.2, 0.25) is 5.89 Å². The first-order chi connectivity index (χ1) is 19.3. The number of nitrogens with zero attached hydrogens (tertiary/aromatic N) is 2. The number of oxazole rings is 1. The quantitative estimate of drug-likeness (QED) is 0.232. The van der Waals surface area contributed by atoms with Crippen LogP contribution in [-0.4, -0.2) is 4.98 Å². The van der Waals surface area contributed by atoms with Crippen LogP contribution in [0.1, 0.15) is 0 Å². The molecule has 0 aliphatic carbocycles. The van der Waals surface area contributed by atoms with Crippen LogP contribution in [0.15, 0.2) is 138 Å². The lowest BCUT2D eigenvalue weighted by molar-refractivity contribution is 0.623. The molecular formula is C35H22N2OS. The predicted octanol–water partition coefficient (Wildman–Crippen LogP) is 10.5. The molecule has 0 spiro atoms. The summed E-state index contributed by atoms with van der Waals surface area (Å²) < 4.78 is 8.89. The molecule has 3 nitrogen and oxygen atoms in total. The van der Waals surface area contributed by atoms with Crippen LogP contribution in [0.3, 0.4) is 0 Å². The molecular weight excluding hydrogens is 496 g/mol. The summed E-state index contributed by atoms with van der Waals surface area (Å²) in [5.41, 5.74) is 6.00. The Hall–Kier alpha value is -4.93. The molecule has 4 heteroatoms. The first-order valence-electron chi connectivity index (χ1n) is 13.0. The standard InChI is InChI=1S/C35H22N2OS/c1-3-9-23(10-4-1)35-36-31-20-15-24-21-26(16-18-28(24)34(31)38-35)37(25-11-5-2-6-12-25)27-17-19-30-29-13-7-8-14-32(29)39-33(30)22-27/h1-22H. The zero-order valence-electron chi connectivity index (χ0n) is 20.9. The van der Waals surface area contributed by atoms with Gasteiger partial charge in [0.05, 0.1) is 0 Å². The second kappa shape index (κ2) is 8.83. The van der Waals surface area contributed by atoms with E-state index >= 15 is 0 Å². The fraction of sp³-hybridized carbons (Fsp3) is 0. The number of aromatic nitrogens is 1. The van der Waals surface area contributed by atoms with Crippen LogP contribution in [0, 0.1) is 0 Å². The molecule has 8 rings (SSSR count). The van der Waals surface area contributed by atoms with Crippen LogP contribution in [0.5, 0.6) is 0 Å². The van der Waals surface area contributed by atoms with Crippen LogP contribution in [0.25, 0.3) is 53.5 Å². The van der Waals surface area contributed by atoms with Gasteiger partial charge in [-0.3, -0.25) is 0 Å². The summed E-state index contributed by atoms with van der Waals surface area (Å²) in [6, 6.07) is 46.8. The average molecular weight is 519 g/mol. The highest BCUT2D eigenvalue weighted by Crippen LogP contribution is 2.41. The van der Waals surface area contributed by atoms with Crippen molar-refractivity contribution in [3.63, 3.8) is 0 Å². The summed E-state index contributed by atoms with van der Waals surface area (Å²) in [6.07, 6.45) is 0. The Morgan fingerprint density at radius 1 is 0.538 bits per heavy atom. The van der Waals surface area contributed by atoms with Crippen molar-refractivity contribution in [3.8, 4) is 11.5 Å². The number of anilines is 3. The van der Waals surface area contributed by atoms with E-state index in [1.165, 1.54) is 20.2 Å². The normalized spacial score (nSPS) is 11.6. The first kappa shape index (κ1) is 22.1. The van der Waals surface area contributed by atoms with Gasteiger partial charge in [0.1, 0.15) is 5.52 Å². The van der Waals surface area contributed by atoms with E-state index in [4.69, 9.17) is 9.40 Å². The highest BCUT2D eigenvalue weighted by Gasteiger charge is 2.17. The number of benzene rings is 6. The van der Waals surface area contributed by atoms with Crippen molar-refractivity contribution in [2.24, 2.45) is 0 Å². The SMILES string of the molecule is c1ccc(-c2nc3ccc4cc(N(c5ccccc5)c5ccc6c(c5)sc5ccccc56)ccc4c3o2)cc1. The molecule has 0 radical (unpaired) electrons. The van der Waals surface area contributed by atoms with E-state index in [1.807, 2.05) is 47.7 Å². The van der Waals surface area contributed by atoms with Crippen molar-refractivity contribution < 1.29 is 4.42 Å². The monoisotopic (exact) mass is 518 g/mol. The van der Waals surface area contributed by atoms with E-state index in [9.17, 15) is 0 Å². The molecule has 0 bridgehead atoms. The van der Waals surface area contributed by atoms with Crippen LogP contribution in [0.2, 0.25) is 0 Å². The highest BCUT2D eigenvalue weighted by atomic mass is 32.1. The van der Waals surface area contributed by atoms with E-state index in [0.717, 1.165) is 44.5 Å². The smallest absolute Gasteiger partial charge is 0.227 e. The molecule has 0 N–H and O–H groups in total. The summed E-state index contributed by atoms with van der Waals surface area (Å²) in [6.45, 7) is 0. The van der Waals surface area contributed by atoms with Gasteiger partial charge in [-0.15, -0.1) is 11.3 Å². The lowest BCUT2D eigenvalue weighted by atomic mass is 10.1. The molecule has 0 unspecified atom stereocenters. The molecule has 0 fully saturated rings. The summed E-state index contributed by atoms with van der Waals surface area (Å²) in [7, 11) is 0. The lowest BCUT2D eigenvalue weighted by Gasteiger charge is -2.26. The van der Waals surface area contributed by atoms with E-state index in [1.54, 1.807) is 0 Å². The van der Waals surface area contributed by atoms with Crippen molar-refractivity contribution >= 4 is 70.4 Å². The topological polar surface area (TPSA) is 29.3 Å². The predicted molar refractivity (Wildman–Crippen MR) is 165 cm³/mol. The second-order valence-electron chi connectivity index (χ2n) is 9.65. The average Bonchev–Trinajstić information content (AvgIpc) is 3.60. The Morgan fingerprint density at radius 3 is 2.08 bits per heavy atom.